The van der Waals surface area contributed by atoms with Crippen LogP contribution in [0.25, 0.3) is 0 Å². The maximum atomic E-state index is 12.4. The second-order valence-corrected chi connectivity index (χ2v) is 7.88. The van der Waals surface area contributed by atoms with Crippen LogP contribution in [0.3, 0.4) is 0 Å². The molecule has 7 heteroatoms. The van der Waals surface area contributed by atoms with Crippen LogP contribution in [0.2, 0.25) is 0 Å². The molecular weight excluding hydrogens is 308 g/mol. The molecule has 0 aliphatic carbocycles. The topological polar surface area (TPSA) is 80.5 Å². The second-order valence-electron chi connectivity index (χ2n) is 7.88. The lowest BCUT2D eigenvalue weighted by Crippen LogP contribution is -2.52. The number of hydrogen-bond donors (Lipinski definition) is 1. The van der Waals surface area contributed by atoms with Gasteiger partial charge in [0.05, 0.1) is 0 Å². The zero-order chi connectivity index (χ0) is 17.3. The van der Waals surface area contributed by atoms with Crippen LogP contribution in [-0.2, 0) is 11.2 Å². The highest BCUT2D eigenvalue weighted by atomic mass is 16.6. The number of nitrogens with zero attached hydrogens (tertiary/aromatic N) is 3. The number of nitrogens with one attached hydrogen (secondary N) is 1. The summed E-state index contributed by atoms with van der Waals surface area (Å²) in [5.41, 5.74) is -0.437. The summed E-state index contributed by atoms with van der Waals surface area (Å²) >= 11 is 0. The van der Waals surface area contributed by atoms with Crippen LogP contribution in [0.5, 0.6) is 0 Å². The highest BCUT2D eigenvalue weighted by Gasteiger charge is 2.44. The first kappa shape index (κ1) is 17.2. The molecule has 1 N–H and O–H groups in total. The van der Waals surface area contributed by atoms with Gasteiger partial charge in [0.25, 0.3) is 0 Å². The van der Waals surface area contributed by atoms with Crippen molar-refractivity contribution in [3.63, 3.8) is 0 Å². The van der Waals surface area contributed by atoms with E-state index in [1.54, 1.807) is 0 Å². The predicted molar refractivity (Wildman–Crippen MR) is 88.6 cm³/mol. The SMILES string of the molecule is Cc1noc(CCNC2CC3CCC(C2)N3C(=O)OC(C)(C)C)n1. The van der Waals surface area contributed by atoms with Crippen molar-refractivity contribution in [2.75, 3.05) is 6.54 Å². The molecular formula is C17H28N4O3. The van der Waals surface area contributed by atoms with Crippen molar-refractivity contribution in [3.8, 4) is 0 Å². The number of amides is 1. The fraction of sp³-hybridized carbons (Fsp3) is 0.824. The van der Waals surface area contributed by atoms with Gasteiger partial charge >= 0.3 is 6.09 Å². The Morgan fingerprint density at radius 1 is 1.33 bits per heavy atom. The molecule has 24 heavy (non-hydrogen) atoms. The monoisotopic (exact) mass is 336 g/mol. The second kappa shape index (κ2) is 6.70. The largest absolute Gasteiger partial charge is 0.444 e. The molecule has 3 rings (SSSR count). The fourth-order valence-corrected chi connectivity index (χ4v) is 3.78. The maximum absolute atomic E-state index is 12.4. The number of aryl methyl sites for hydroxylation is 1. The smallest absolute Gasteiger partial charge is 0.410 e. The van der Waals surface area contributed by atoms with E-state index in [1.165, 1.54) is 0 Å². The summed E-state index contributed by atoms with van der Waals surface area (Å²) in [6.45, 7) is 8.39. The van der Waals surface area contributed by atoms with Gasteiger partial charge in [0.1, 0.15) is 5.60 Å². The molecule has 3 heterocycles. The van der Waals surface area contributed by atoms with Crippen LogP contribution in [0.1, 0.15) is 58.2 Å². The zero-order valence-electron chi connectivity index (χ0n) is 15.0. The molecule has 0 spiro atoms. The molecule has 1 aromatic rings. The third-order valence-corrected chi connectivity index (χ3v) is 4.68. The van der Waals surface area contributed by atoms with Crippen LogP contribution in [0, 0.1) is 6.92 Å². The van der Waals surface area contributed by atoms with Crippen LogP contribution >= 0.6 is 0 Å². The van der Waals surface area contributed by atoms with E-state index in [1.807, 2.05) is 32.6 Å². The summed E-state index contributed by atoms with van der Waals surface area (Å²) in [7, 11) is 0. The summed E-state index contributed by atoms with van der Waals surface area (Å²) in [5, 5.41) is 7.38. The molecule has 2 saturated heterocycles. The Morgan fingerprint density at radius 3 is 2.54 bits per heavy atom. The summed E-state index contributed by atoms with van der Waals surface area (Å²) < 4.78 is 10.7. The predicted octanol–water partition coefficient (Wildman–Crippen LogP) is 2.44. The van der Waals surface area contributed by atoms with Crippen molar-refractivity contribution in [3.05, 3.63) is 11.7 Å². The fourth-order valence-electron chi connectivity index (χ4n) is 3.78. The molecule has 2 atom stereocenters. The Balaban J connectivity index is 1.49. The van der Waals surface area contributed by atoms with Gasteiger partial charge in [0, 0.05) is 31.1 Å². The van der Waals surface area contributed by atoms with Crippen molar-refractivity contribution in [1.82, 2.24) is 20.4 Å². The molecule has 2 bridgehead atoms. The minimum absolute atomic E-state index is 0.158. The minimum atomic E-state index is -0.437. The lowest BCUT2D eigenvalue weighted by Gasteiger charge is -2.39. The Morgan fingerprint density at radius 2 is 2.00 bits per heavy atom. The number of piperidine rings is 1. The number of carbonyl (C=O) groups is 1. The molecule has 0 radical (unpaired) electrons. The van der Waals surface area contributed by atoms with E-state index in [-0.39, 0.29) is 6.09 Å². The van der Waals surface area contributed by atoms with Crippen molar-refractivity contribution in [1.29, 1.82) is 0 Å². The van der Waals surface area contributed by atoms with Gasteiger partial charge < -0.3 is 19.5 Å². The van der Waals surface area contributed by atoms with Gasteiger partial charge in [0.15, 0.2) is 5.82 Å². The van der Waals surface area contributed by atoms with Gasteiger partial charge in [-0.05, 0) is 53.4 Å². The molecule has 0 saturated carbocycles. The molecule has 1 amide bonds. The number of hydrogen-bond acceptors (Lipinski definition) is 6. The average molecular weight is 336 g/mol. The van der Waals surface area contributed by atoms with Gasteiger partial charge in [-0.1, -0.05) is 5.16 Å². The molecule has 2 aliphatic heterocycles. The first-order chi connectivity index (χ1) is 11.3. The summed E-state index contributed by atoms with van der Waals surface area (Å²) in [5.74, 6) is 1.35. The first-order valence-corrected chi connectivity index (χ1v) is 8.86. The van der Waals surface area contributed by atoms with Crippen molar-refractivity contribution in [2.24, 2.45) is 0 Å². The number of fused-ring (bicyclic) bond motifs is 2. The number of ether oxygens (including phenoxy) is 1. The van der Waals surface area contributed by atoms with Crippen molar-refractivity contribution >= 4 is 6.09 Å². The summed E-state index contributed by atoms with van der Waals surface area (Å²) in [4.78, 5) is 18.6. The third kappa shape index (κ3) is 4.06. The standard InChI is InChI=1S/C17H28N4O3/c1-11-19-15(24-20-11)7-8-18-12-9-13-5-6-14(10-12)21(13)16(22)23-17(2,3)4/h12-14,18H,5-10H2,1-4H3. The van der Waals surface area contributed by atoms with Crippen LogP contribution in [-0.4, -0.2) is 51.4 Å². The normalized spacial score (nSPS) is 26.7. The summed E-state index contributed by atoms with van der Waals surface area (Å²) in [6, 6.07) is 1.02. The van der Waals surface area contributed by atoms with Gasteiger partial charge in [-0.3, -0.25) is 0 Å². The maximum Gasteiger partial charge on any atom is 0.410 e. The average Bonchev–Trinajstić information content (AvgIpc) is 2.99. The van der Waals surface area contributed by atoms with Gasteiger partial charge in [0.2, 0.25) is 5.89 Å². The van der Waals surface area contributed by atoms with Gasteiger partial charge in [-0.25, -0.2) is 4.79 Å². The van der Waals surface area contributed by atoms with E-state index in [0.717, 1.165) is 38.6 Å². The van der Waals surface area contributed by atoms with E-state index in [4.69, 9.17) is 9.26 Å². The van der Waals surface area contributed by atoms with Crippen LogP contribution in [0.15, 0.2) is 4.52 Å². The van der Waals surface area contributed by atoms with Crippen molar-refractivity contribution in [2.45, 2.75) is 83.5 Å². The van der Waals surface area contributed by atoms with E-state index in [9.17, 15) is 4.79 Å². The van der Waals surface area contributed by atoms with Crippen LogP contribution in [0.4, 0.5) is 4.79 Å². The lowest BCUT2D eigenvalue weighted by molar-refractivity contribution is 0.00476. The van der Waals surface area contributed by atoms with E-state index in [2.05, 4.69) is 15.5 Å². The number of carbonyl (C=O) groups excluding carboxylic acids is 1. The quantitative estimate of drug-likeness (QED) is 0.909. The van der Waals surface area contributed by atoms with E-state index in [0.29, 0.717) is 29.8 Å². The van der Waals surface area contributed by atoms with Crippen LogP contribution < -0.4 is 5.32 Å². The first-order valence-electron chi connectivity index (χ1n) is 8.86. The minimum Gasteiger partial charge on any atom is -0.444 e. The molecule has 134 valence electrons. The van der Waals surface area contributed by atoms with E-state index < -0.39 is 5.60 Å². The Kier molecular flexibility index (Phi) is 4.80. The van der Waals surface area contributed by atoms with Gasteiger partial charge in [-0.15, -0.1) is 0 Å². The third-order valence-electron chi connectivity index (χ3n) is 4.68. The summed E-state index contributed by atoms with van der Waals surface area (Å²) in [6.07, 6.45) is 4.70. The molecule has 2 aliphatic rings. The van der Waals surface area contributed by atoms with Gasteiger partial charge in [-0.2, -0.15) is 4.98 Å². The Bertz CT molecular complexity index is 567. The van der Waals surface area contributed by atoms with Crippen molar-refractivity contribution < 1.29 is 14.1 Å². The highest BCUT2D eigenvalue weighted by molar-refractivity contribution is 5.69. The highest BCUT2D eigenvalue weighted by Crippen LogP contribution is 2.36. The molecule has 2 fully saturated rings. The lowest BCUT2D eigenvalue weighted by atomic mass is 9.97. The number of aromatic nitrogens is 2. The molecule has 0 aromatic carbocycles. The molecule has 7 nitrogen and oxygen atoms in total. The van der Waals surface area contributed by atoms with E-state index >= 15 is 0 Å². The zero-order valence-corrected chi connectivity index (χ0v) is 15.0. The Labute approximate surface area is 143 Å². The number of rotatable bonds is 4. The molecule has 2 unspecified atom stereocenters. The Hall–Kier alpha value is -1.63. The molecule has 1 aromatic heterocycles.